The van der Waals surface area contributed by atoms with Gasteiger partial charge in [0.1, 0.15) is 5.75 Å². The number of nitrogens with zero attached hydrogens (tertiary/aromatic N) is 2. The second kappa shape index (κ2) is 9.40. The van der Waals surface area contributed by atoms with Gasteiger partial charge in [0.2, 0.25) is 0 Å². The van der Waals surface area contributed by atoms with E-state index < -0.39 is 0 Å². The Morgan fingerprint density at radius 3 is 2.74 bits per heavy atom. The van der Waals surface area contributed by atoms with Gasteiger partial charge in [-0.25, -0.2) is 0 Å². The van der Waals surface area contributed by atoms with Crippen LogP contribution in [0.15, 0.2) is 29.3 Å². The minimum atomic E-state index is 0.280. The molecule has 5 heteroatoms. The molecular weight excluding hydrogens is 290 g/mol. The number of aliphatic imine (C=N–C) groups is 1. The highest BCUT2D eigenvalue weighted by Crippen LogP contribution is 2.14. The molecule has 0 spiro atoms. The number of rotatable bonds is 7. The highest BCUT2D eigenvalue weighted by Gasteiger charge is 2.15. The van der Waals surface area contributed by atoms with E-state index in [4.69, 9.17) is 14.5 Å². The lowest BCUT2D eigenvalue weighted by Crippen LogP contribution is -2.39. The maximum absolute atomic E-state index is 5.65. The fraction of sp³-hybridized carbons (Fsp3) is 0.611. The van der Waals surface area contributed by atoms with Crippen LogP contribution in [-0.4, -0.2) is 50.3 Å². The van der Waals surface area contributed by atoms with Crippen LogP contribution in [-0.2, 0) is 11.3 Å². The van der Waals surface area contributed by atoms with Gasteiger partial charge in [-0.1, -0.05) is 12.1 Å². The van der Waals surface area contributed by atoms with Gasteiger partial charge >= 0.3 is 0 Å². The van der Waals surface area contributed by atoms with Crippen molar-refractivity contribution in [2.45, 2.75) is 39.3 Å². The molecule has 23 heavy (non-hydrogen) atoms. The lowest BCUT2D eigenvalue weighted by Gasteiger charge is -2.22. The molecule has 1 atom stereocenters. The molecule has 1 saturated heterocycles. The summed E-state index contributed by atoms with van der Waals surface area (Å²) in [7, 11) is 2.06. The predicted molar refractivity (Wildman–Crippen MR) is 94.0 cm³/mol. The Hall–Kier alpha value is -1.75. The summed E-state index contributed by atoms with van der Waals surface area (Å²) in [5.74, 6) is 1.84. The summed E-state index contributed by atoms with van der Waals surface area (Å²) in [6, 6.07) is 8.24. The molecule has 2 rings (SSSR count). The van der Waals surface area contributed by atoms with Gasteiger partial charge in [0, 0.05) is 26.7 Å². The van der Waals surface area contributed by atoms with Gasteiger partial charge in [-0.05, 0) is 44.4 Å². The Bertz CT molecular complexity index is 482. The Balaban J connectivity index is 1.93. The molecule has 0 saturated carbocycles. The summed E-state index contributed by atoms with van der Waals surface area (Å²) in [5, 5.41) is 3.35. The Labute approximate surface area is 139 Å². The number of benzene rings is 1. The van der Waals surface area contributed by atoms with E-state index in [-0.39, 0.29) is 6.10 Å². The van der Waals surface area contributed by atoms with Gasteiger partial charge in [-0.15, -0.1) is 0 Å². The first-order valence-electron chi connectivity index (χ1n) is 8.55. The Morgan fingerprint density at radius 2 is 2.13 bits per heavy atom. The molecule has 1 aromatic rings. The van der Waals surface area contributed by atoms with Crippen molar-refractivity contribution in [3.63, 3.8) is 0 Å². The zero-order valence-electron chi connectivity index (χ0n) is 14.5. The van der Waals surface area contributed by atoms with Crippen LogP contribution in [0, 0.1) is 0 Å². The second-order valence-corrected chi connectivity index (χ2v) is 5.76. The van der Waals surface area contributed by atoms with Gasteiger partial charge in [-0.3, -0.25) is 4.99 Å². The molecule has 1 N–H and O–H groups in total. The van der Waals surface area contributed by atoms with Crippen LogP contribution < -0.4 is 10.1 Å². The third-order valence-corrected chi connectivity index (χ3v) is 3.82. The van der Waals surface area contributed by atoms with Crippen molar-refractivity contribution >= 4 is 5.96 Å². The highest BCUT2D eigenvalue weighted by molar-refractivity contribution is 5.79. The molecule has 128 valence electrons. The standard InChI is InChI=1S/C18H29N3O2/c1-4-19-18(20-13-17-7-6-12-23-17)21(3)14-15-8-10-16(11-9-15)22-5-2/h8-11,17H,4-7,12-14H2,1-3H3,(H,19,20). The summed E-state index contributed by atoms with van der Waals surface area (Å²) < 4.78 is 11.1. The van der Waals surface area contributed by atoms with E-state index in [1.165, 1.54) is 5.56 Å². The van der Waals surface area contributed by atoms with E-state index in [1.54, 1.807) is 0 Å². The minimum absolute atomic E-state index is 0.280. The van der Waals surface area contributed by atoms with Crippen LogP contribution in [0.3, 0.4) is 0 Å². The third kappa shape index (κ3) is 5.75. The number of nitrogens with one attached hydrogen (secondary N) is 1. The molecule has 5 nitrogen and oxygen atoms in total. The monoisotopic (exact) mass is 319 g/mol. The lowest BCUT2D eigenvalue weighted by atomic mass is 10.2. The summed E-state index contributed by atoms with van der Waals surface area (Å²) >= 11 is 0. The summed E-state index contributed by atoms with van der Waals surface area (Å²) in [4.78, 5) is 6.87. The molecule has 1 heterocycles. The summed E-state index contributed by atoms with van der Waals surface area (Å²) in [6.07, 6.45) is 2.55. The number of hydrogen-bond donors (Lipinski definition) is 1. The zero-order valence-corrected chi connectivity index (χ0v) is 14.5. The fourth-order valence-electron chi connectivity index (χ4n) is 2.65. The third-order valence-electron chi connectivity index (χ3n) is 3.82. The largest absolute Gasteiger partial charge is 0.494 e. The zero-order chi connectivity index (χ0) is 16.5. The summed E-state index contributed by atoms with van der Waals surface area (Å²) in [6.45, 7) is 8.05. The van der Waals surface area contributed by atoms with Crippen LogP contribution in [0.1, 0.15) is 32.3 Å². The first kappa shape index (κ1) is 17.6. The predicted octanol–water partition coefficient (Wildman–Crippen LogP) is 2.66. The van der Waals surface area contributed by atoms with Crippen LogP contribution in [0.5, 0.6) is 5.75 Å². The average molecular weight is 319 g/mol. The molecule has 1 aromatic carbocycles. The van der Waals surface area contributed by atoms with E-state index in [0.717, 1.165) is 50.8 Å². The number of guanidine groups is 1. The van der Waals surface area contributed by atoms with Crippen molar-refractivity contribution in [1.29, 1.82) is 0 Å². The second-order valence-electron chi connectivity index (χ2n) is 5.76. The molecule has 1 unspecified atom stereocenters. The van der Waals surface area contributed by atoms with Gasteiger partial charge in [0.25, 0.3) is 0 Å². The van der Waals surface area contributed by atoms with Crippen LogP contribution in [0.25, 0.3) is 0 Å². The number of hydrogen-bond acceptors (Lipinski definition) is 3. The molecule has 0 radical (unpaired) electrons. The molecule has 0 aromatic heterocycles. The highest BCUT2D eigenvalue weighted by atomic mass is 16.5. The topological polar surface area (TPSA) is 46.1 Å². The fourth-order valence-corrected chi connectivity index (χ4v) is 2.65. The first-order valence-corrected chi connectivity index (χ1v) is 8.55. The quantitative estimate of drug-likeness (QED) is 0.620. The molecule has 0 bridgehead atoms. The van der Waals surface area contributed by atoms with Gasteiger partial charge < -0.3 is 19.7 Å². The number of ether oxygens (including phenoxy) is 2. The van der Waals surface area contributed by atoms with E-state index >= 15 is 0 Å². The molecule has 0 amide bonds. The normalized spacial score (nSPS) is 18.0. The minimum Gasteiger partial charge on any atom is -0.494 e. The Morgan fingerprint density at radius 1 is 1.35 bits per heavy atom. The summed E-state index contributed by atoms with van der Waals surface area (Å²) in [5.41, 5.74) is 1.23. The van der Waals surface area contributed by atoms with Gasteiger partial charge in [0.15, 0.2) is 5.96 Å². The van der Waals surface area contributed by atoms with Gasteiger partial charge in [-0.2, -0.15) is 0 Å². The molecule has 1 aliphatic rings. The van der Waals surface area contributed by atoms with Crippen molar-refractivity contribution in [2.75, 3.05) is 33.4 Å². The van der Waals surface area contributed by atoms with E-state index in [0.29, 0.717) is 6.61 Å². The van der Waals surface area contributed by atoms with Crippen molar-refractivity contribution in [1.82, 2.24) is 10.2 Å². The first-order chi connectivity index (χ1) is 11.2. The maximum Gasteiger partial charge on any atom is 0.194 e. The average Bonchev–Trinajstić information content (AvgIpc) is 3.07. The van der Waals surface area contributed by atoms with Crippen molar-refractivity contribution in [2.24, 2.45) is 4.99 Å². The molecule has 1 aliphatic heterocycles. The maximum atomic E-state index is 5.65. The molecular formula is C18H29N3O2. The van der Waals surface area contributed by atoms with E-state index in [2.05, 4.69) is 36.3 Å². The molecule has 0 aliphatic carbocycles. The van der Waals surface area contributed by atoms with Crippen molar-refractivity contribution < 1.29 is 9.47 Å². The van der Waals surface area contributed by atoms with Crippen molar-refractivity contribution in [3.8, 4) is 5.75 Å². The van der Waals surface area contributed by atoms with Crippen LogP contribution in [0.4, 0.5) is 0 Å². The van der Waals surface area contributed by atoms with Crippen LogP contribution >= 0.6 is 0 Å². The SMILES string of the molecule is CCNC(=NCC1CCCO1)N(C)Cc1ccc(OCC)cc1. The smallest absolute Gasteiger partial charge is 0.194 e. The van der Waals surface area contributed by atoms with Gasteiger partial charge in [0.05, 0.1) is 19.3 Å². The Kier molecular flexibility index (Phi) is 7.20. The van der Waals surface area contributed by atoms with E-state index in [1.807, 2.05) is 19.1 Å². The van der Waals surface area contributed by atoms with Crippen molar-refractivity contribution in [3.05, 3.63) is 29.8 Å². The van der Waals surface area contributed by atoms with E-state index in [9.17, 15) is 0 Å². The van der Waals surface area contributed by atoms with Crippen LogP contribution in [0.2, 0.25) is 0 Å². The molecule has 1 fully saturated rings. The lowest BCUT2D eigenvalue weighted by molar-refractivity contribution is 0.117.